The molecule has 0 bridgehead atoms. The average molecular weight is 241 g/mol. The van der Waals surface area contributed by atoms with Gasteiger partial charge in [0.25, 0.3) is 0 Å². The maximum Gasteiger partial charge on any atom is 0.125 e. The summed E-state index contributed by atoms with van der Waals surface area (Å²) in [6, 6.07) is 13.6. The van der Waals surface area contributed by atoms with Crippen LogP contribution in [0, 0.1) is 12.7 Å². The molecule has 3 rings (SSSR count). The lowest BCUT2D eigenvalue weighted by atomic mass is 9.77. The van der Waals surface area contributed by atoms with Gasteiger partial charge in [-0.2, -0.15) is 0 Å². The van der Waals surface area contributed by atoms with Gasteiger partial charge >= 0.3 is 0 Å². The zero-order valence-corrected chi connectivity index (χ0v) is 10.4. The molecule has 1 aliphatic carbocycles. The molecule has 0 amide bonds. The summed E-state index contributed by atoms with van der Waals surface area (Å²) >= 11 is 0. The lowest BCUT2D eigenvalue weighted by molar-refractivity contribution is 0.623. The van der Waals surface area contributed by atoms with Crippen LogP contribution in [0.25, 0.3) is 0 Å². The first kappa shape index (κ1) is 11.3. The molecule has 0 fully saturated rings. The molecular formula is C16H16FN. The van der Waals surface area contributed by atoms with E-state index >= 15 is 0 Å². The van der Waals surface area contributed by atoms with E-state index in [0.29, 0.717) is 5.92 Å². The summed E-state index contributed by atoms with van der Waals surface area (Å²) in [5.74, 6) is 0.385. The molecule has 0 aliphatic heterocycles. The Morgan fingerprint density at radius 1 is 1.22 bits per heavy atom. The number of anilines is 1. The van der Waals surface area contributed by atoms with Gasteiger partial charge in [-0.15, -0.1) is 0 Å². The average Bonchev–Trinajstić information content (AvgIpc) is 2.29. The van der Waals surface area contributed by atoms with Crippen molar-refractivity contribution in [2.75, 3.05) is 11.9 Å². The summed E-state index contributed by atoms with van der Waals surface area (Å²) < 4.78 is 13.2. The van der Waals surface area contributed by atoms with Crippen LogP contribution in [0.15, 0.2) is 42.5 Å². The van der Waals surface area contributed by atoms with Crippen molar-refractivity contribution in [1.29, 1.82) is 0 Å². The largest absolute Gasteiger partial charge is 0.384 e. The first-order valence-corrected chi connectivity index (χ1v) is 6.31. The SMILES string of the molecule is Cc1cc(F)cc(NCC2Cc3ccccc32)c1. The lowest BCUT2D eigenvalue weighted by Gasteiger charge is -2.30. The molecule has 1 unspecified atom stereocenters. The summed E-state index contributed by atoms with van der Waals surface area (Å²) in [7, 11) is 0. The molecular weight excluding hydrogens is 225 g/mol. The van der Waals surface area contributed by atoms with Crippen molar-refractivity contribution in [1.82, 2.24) is 0 Å². The zero-order chi connectivity index (χ0) is 12.5. The lowest BCUT2D eigenvalue weighted by Crippen LogP contribution is -2.24. The fourth-order valence-corrected chi connectivity index (χ4v) is 2.62. The Morgan fingerprint density at radius 2 is 2.06 bits per heavy atom. The first-order valence-electron chi connectivity index (χ1n) is 6.31. The number of aryl methyl sites for hydroxylation is 1. The number of fused-ring (bicyclic) bond motifs is 1. The molecule has 2 heteroatoms. The van der Waals surface area contributed by atoms with Crippen LogP contribution in [0.2, 0.25) is 0 Å². The molecule has 92 valence electrons. The third-order valence-electron chi connectivity index (χ3n) is 3.56. The number of hydrogen-bond acceptors (Lipinski definition) is 1. The molecule has 0 aromatic heterocycles. The second-order valence-electron chi connectivity index (χ2n) is 5.00. The van der Waals surface area contributed by atoms with Crippen LogP contribution in [-0.2, 0) is 6.42 Å². The number of rotatable bonds is 3. The van der Waals surface area contributed by atoms with Gasteiger partial charge in [-0.1, -0.05) is 24.3 Å². The summed E-state index contributed by atoms with van der Waals surface area (Å²) in [6.07, 6.45) is 1.12. The van der Waals surface area contributed by atoms with Crippen molar-refractivity contribution in [3.63, 3.8) is 0 Å². The van der Waals surface area contributed by atoms with E-state index in [2.05, 4.69) is 29.6 Å². The number of nitrogens with one attached hydrogen (secondary N) is 1. The molecule has 0 spiro atoms. The van der Waals surface area contributed by atoms with E-state index in [4.69, 9.17) is 0 Å². The molecule has 0 heterocycles. The van der Waals surface area contributed by atoms with E-state index in [9.17, 15) is 4.39 Å². The molecule has 1 N–H and O–H groups in total. The maximum absolute atomic E-state index is 13.2. The smallest absolute Gasteiger partial charge is 0.125 e. The Labute approximate surface area is 107 Å². The quantitative estimate of drug-likeness (QED) is 0.859. The molecule has 0 saturated heterocycles. The van der Waals surface area contributed by atoms with E-state index in [1.807, 2.05) is 13.0 Å². The Hall–Kier alpha value is -1.83. The van der Waals surface area contributed by atoms with Crippen molar-refractivity contribution < 1.29 is 4.39 Å². The second-order valence-corrected chi connectivity index (χ2v) is 5.00. The van der Waals surface area contributed by atoms with E-state index < -0.39 is 0 Å². The summed E-state index contributed by atoms with van der Waals surface area (Å²) in [6.45, 7) is 2.78. The minimum Gasteiger partial charge on any atom is -0.384 e. The predicted molar refractivity (Wildman–Crippen MR) is 72.5 cm³/mol. The van der Waals surface area contributed by atoms with Crippen molar-refractivity contribution in [2.45, 2.75) is 19.3 Å². The molecule has 2 aromatic carbocycles. The Bertz CT molecular complexity index is 557. The normalized spacial score (nSPS) is 16.9. The summed E-state index contributed by atoms with van der Waals surface area (Å²) in [5.41, 5.74) is 4.70. The fraction of sp³-hybridized carbons (Fsp3) is 0.250. The monoisotopic (exact) mass is 241 g/mol. The van der Waals surface area contributed by atoms with Gasteiger partial charge in [0, 0.05) is 18.2 Å². The van der Waals surface area contributed by atoms with E-state index in [0.717, 1.165) is 24.2 Å². The minimum atomic E-state index is -0.175. The number of benzene rings is 2. The van der Waals surface area contributed by atoms with Crippen LogP contribution in [0.1, 0.15) is 22.6 Å². The predicted octanol–water partition coefficient (Wildman–Crippen LogP) is 3.89. The molecule has 1 atom stereocenters. The van der Waals surface area contributed by atoms with Crippen molar-refractivity contribution in [2.24, 2.45) is 0 Å². The van der Waals surface area contributed by atoms with Gasteiger partial charge in [0.1, 0.15) is 5.82 Å². The highest BCUT2D eigenvalue weighted by molar-refractivity contribution is 5.48. The van der Waals surface area contributed by atoms with Gasteiger partial charge in [-0.25, -0.2) is 4.39 Å². The highest BCUT2D eigenvalue weighted by Crippen LogP contribution is 2.34. The van der Waals surface area contributed by atoms with Gasteiger partial charge in [0.15, 0.2) is 0 Å². The van der Waals surface area contributed by atoms with Crippen LogP contribution in [0.5, 0.6) is 0 Å². The van der Waals surface area contributed by atoms with Crippen molar-refractivity contribution in [3.8, 4) is 0 Å². The van der Waals surface area contributed by atoms with Crippen LogP contribution in [-0.4, -0.2) is 6.54 Å². The standard InChI is InChI=1S/C16H16FN/c1-11-6-14(17)9-15(7-11)18-10-13-8-12-4-2-3-5-16(12)13/h2-7,9,13,18H,8,10H2,1H3. The van der Waals surface area contributed by atoms with E-state index in [-0.39, 0.29) is 5.82 Å². The van der Waals surface area contributed by atoms with E-state index in [1.165, 1.54) is 11.1 Å². The van der Waals surface area contributed by atoms with Crippen LogP contribution < -0.4 is 5.32 Å². The molecule has 0 saturated carbocycles. The molecule has 18 heavy (non-hydrogen) atoms. The topological polar surface area (TPSA) is 12.0 Å². The number of halogens is 1. The Kier molecular flexibility index (Phi) is 2.78. The third kappa shape index (κ3) is 2.10. The van der Waals surface area contributed by atoms with Gasteiger partial charge in [0.2, 0.25) is 0 Å². The van der Waals surface area contributed by atoms with E-state index in [1.54, 1.807) is 12.1 Å². The number of hydrogen-bond donors (Lipinski definition) is 1. The second kappa shape index (κ2) is 4.45. The molecule has 1 nitrogen and oxygen atoms in total. The van der Waals surface area contributed by atoms with Gasteiger partial charge in [0.05, 0.1) is 0 Å². The summed E-state index contributed by atoms with van der Waals surface area (Å²) in [5, 5.41) is 3.33. The highest BCUT2D eigenvalue weighted by atomic mass is 19.1. The maximum atomic E-state index is 13.2. The first-order chi connectivity index (χ1) is 8.72. The van der Waals surface area contributed by atoms with Gasteiger partial charge in [-0.3, -0.25) is 0 Å². The van der Waals surface area contributed by atoms with Gasteiger partial charge < -0.3 is 5.32 Å². The van der Waals surface area contributed by atoms with Crippen molar-refractivity contribution in [3.05, 3.63) is 65.0 Å². The summed E-state index contributed by atoms with van der Waals surface area (Å²) in [4.78, 5) is 0. The fourth-order valence-electron chi connectivity index (χ4n) is 2.62. The Balaban J connectivity index is 1.66. The Morgan fingerprint density at radius 3 is 2.83 bits per heavy atom. The minimum absolute atomic E-state index is 0.175. The van der Waals surface area contributed by atoms with Crippen LogP contribution in [0.4, 0.5) is 10.1 Å². The molecule has 0 radical (unpaired) electrons. The molecule has 1 aliphatic rings. The zero-order valence-electron chi connectivity index (χ0n) is 10.4. The van der Waals surface area contributed by atoms with Crippen LogP contribution in [0.3, 0.4) is 0 Å². The van der Waals surface area contributed by atoms with Crippen LogP contribution >= 0.6 is 0 Å². The third-order valence-corrected chi connectivity index (χ3v) is 3.56. The molecule has 2 aromatic rings. The van der Waals surface area contributed by atoms with Crippen molar-refractivity contribution >= 4 is 5.69 Å². The van der Waals surface area contributed by atoms with Gasteiger partial charge in [-0.05, 0) is 48.2 Å². The highest BCUT2D eigenvalue weighted by Gasteiger charge is 2.24.